The molecule has 0 atom stereocenters. The summed E-state index contributed by atoms with van der Waals surface area (Å²) in [5.74, 6) is 0.620. The lowest BCUT2D eigenvalue weighted by Crippen LogP contribution is -2.39. The molecule has 4 rings (SSSR count). The minimum atomic E-state index is -0.607. The largest absolute Gasteiger partial charge is 0.495 e. The van der Waals surface area contributed by atoms with Crippen molar-refractivity contribution < 1.29 is 9.53 Å². The van der Waals surface area contributed by atoms with E-state index in [-0.39, 0.29) is 11.9 Å². The van der Waals surface area contributed by atoms with Crippen LogP contribution in [0.25, 0.3) is 11.3 Å². The van der Waals surface area contributed by atoms with Gasteiger partial charge in [-0.05, 0) is 52.3 Å². The van der Waals surface area contributed by atoms with Crippen LogP contribution in [0, 0.1) is 6.92 Å². The summed E-state index contributed by atoms with van der Waals surface area (Å²) in [6.45, 7) is 10.1. The number of hydrogen-bond acceptors (Lipinski definition) is 5. The van der Waals surface area contributed by atoms with Gasteiger partial charge in [0.05, 0.1) is 47.7 Å². The summed E-state index contributed by atoms with van der Waals surface area (Å²) < 4.78 is 7.15. The Kier molecular flexibility index (Phi) is 4.41. The summed E-state index contributed by atoms with van der Waals surface area (Å²) in [6, 6.07) is 4.05. The third-order valence-electron chi connectivity index (χ3n) is 5.39. The summed E-state index contributed by atoms with van der Waals surface area (Å²) in [6.07, 6.45) is 7.07. The van der Waals surface area contributed by atoms with Gasteiger partial charge in [-0.15, -0.1) is 0 Å². The molecule has 7 heteroatoms. The summed E-state index contributed by atoms with van der Waals surface area (Å²) >= 11 is 0. The van der Waals surface area contributed by atoms with Crippen LogP contribution in [0.5, 0.6) is 5.75 Å². The number of nitrogens with zero attached hydrogens (tertiary/aromatic N) is 5. The van der Waals surface area contributed by atoms with E-state index in [1.54, 1.807) is 30.6 Å². The first-order valence-electron chi connectivity index (χ1n) is 9.64. The smallest absolute Gasteiger partial charge is 0.261 e. The number of aromatic nitrogens is 4. The minimum Gasteiger partial charge on any atom is -0.495 e. The molecule has 0 saturated heterocycles. The predicted molar refractivity (Wildman–Crippen MR) is 111 cm³/mol. The SMILES string of the molecule is COc1cncc(-c2cc(C)c3c(n2)C(C)(C)N(c2cnn(C(C)C)c2)C3=O)c1. The number of methoxy groups -OCH3 is 1. The number of rotatable bonds is 4. The molecule has 0 bridgehead atoms. The van der Waals surface area contributed by atoms with Crippen molar-refractivity contribution in [2.75, 3.05) is 12.0 Å². The Morgan fingerprint density at radius 2 is 1.90 bits per heavy atom. The van der Waals surface area contributed by atoms with Gasteiger partial charge in [0.1, 0.15) is 5.75 Å². The van der Waals surface area contributed by atoms with E-state index in [0.717, 1.165) is 28.2 Å². The molecule has 0 aliphatic carbocycles. The van der Waals surface area contributed by atoms with E-state index in [9.17, 15) is 4.79 Å². The molecule has 7 nitrogen and oxygen atoms in total. The quantitative estimate of drug-likeness (QED) is 0.668. The van der Waals surface area contributed by atoms with E-state index in [1.807, 2.05) is 43.8 Å². The second-order valence-corrected chi connectivity index (χ2v) is 8.13. The number of carbonyl (C=O) groups excluding carboxylic acids is 1. The number of pyridine rings is 2. The number of hydrogen-bond donors (Lipinski definition) is 0. The average Bonchev–Trinajstić information content (AvgIpc) is 3.23. The third kappa shape index (κ3) is 2.97. The molecule has 0 aromatic carbocycles. The van der Waals surface area contributed by atoms with Crippen LogP contribution in [-0.4, -0.2) is 32.8 Å². The molecule has 150 valence electrons. The molecule has 0 N–H and O–H groups in total. The number of carbonyl (C=O) groups is 1. The fourth-order valence-corrected chi connectivity index (χ4v) is 3.84. The fourth-order valence-electron chi connectivity index (χ4n) is 3.84. The van der Waals surface area contributed by atoms with E-state index in [0.29, 0.717) is 11.3 Å². The Labute approximate surface area is 170 Å². The first kappa shape index (κ1) is 19.1. The minimum absolute atomic E-state index is 0.0476. The molecule has 1 aliphatic heterocycles. The van der Waals surface area contributed by atoms with Crippen molar-refractivity contribution in [3.63, 3.8) is 0 Å². The van der Waals surface area contributed by atoms with E-state index in [2.05, 4.69) is 23.9 Å². The van der Waals surface area contributed by atoms with Gasteiger partial charge >= 0.3 is 0 Å². The van der Waals surface area contributed by atoms with Crippen molar-refractivity contribution in [2.24, 2.45) is 0 Å². The Morgan fingerprint density at radius 3 is 2.55 bits per heavy atom. The molecular formula is C22H25N5O2. The molecule has 0 saturated carbocycles. The highest BCUT2D eigenvalue weighted by Gasteiger charge is 2.47. The van der Waals surface area contributed by atoms with Crippen LogP contribution in [0.15, 0.2) is 36.9 Å². The monoisotopic (exact) mass is 391 g/mol. The normalized spacial score (nSPS) is 15.1. The molecule has 3 aromatic rings. The van der Waals surface area contributed by atoms with Gasteiger partial charge < -0.3 is 4.74 Å². The zero-order valence-corrected chi connectivity index (χ0v) is 17.6. The maximum absolute atomic E-state index is 13.4. The van der Waals surface area contributed by atoms with Crippen molar-refractivity contribution in [1.29, 1.82) is 0 Å². The van der Waals surface area contributed by atoms with Crippen molar-refractivity contribution in [3.05, 3.63) is 53.7 Å². The summed E-state index contributed by atoms with van der Waals surface area (Å²) in [7, 11) is 1.61. The van der Waals surface area contributed by atoms with Crippen LogP contribution < -0.4 is 9.64 Å². The van der Waals surface area contributed by atoms with Gasteiger partial charge in [-0.1, -0.05) is 0 Å². The highest BCUT2D eigenvalue weighted by atomic mass is 16.5. The van der Waals surface area contributed by atoms with Gasteiger partial charge in [-0.3, -0.25) is 19.4 Å². The lowest BCUT2D eigenvalue weighted by molar-refractivity contribution is 0.0981. The zero-order chi connectivity index (χ0) is 20.9. The maximum Gasteiger partial charge on any atom is 0.261 e. The van der Waals surface area contributed by atoms with Crippen molar-refractivity contribution >= 4 is 11.6 Å². The van der Waals surface area contributed by atoms with Gasteiger partial charge in [0.25, 0.3) is 5.91 Å². The molecule has 3 aromatic heterocycles. The summed E-state index contributed by atoms with van der Waals surface area (Å²) in [5, 5.41) is 4.41. The van der Waals surface area contributed by atoms with Gasteiger partial charge in [0.15, 0.2) is 0 Å². The average molecular weight is 391 g/mol. The van der Waals surface area contributed by atoms with Crippen molar-refractivity contribution in [1.82, 2.24) is 19.7 Å². The lowest BCUT2D eigenvalue weighted by atomic mass is 9.96. The number of aryl methyl sites for hydroxylation is 1. The summed E-state index contributed by atoms with van der Waals surface area (Å²) in [5.41, 5.74) is 4.10. The van der Waals surface area contributed by atoms with E-state index < -0.39 is 5.54 Å². The van der Waals surface area contributed by atoms with E-state index in [4.69, 9.17) is 9.72 Å². The highest BCUT2D eigenvalue weighted by molar-refractivity contribution is 6.12. The fraction of sp³-hybridized carbons (Fsp3) is 0.364. The Hall–Kier alpha value is -3.22. The van der Waals surface area contributed by atoms with Crippen LogP contribution in [0.1, 0.15) is 55.4 Å². The Morgan fingerprint density at radius 1 is 1.14 bits per heavy atom. The van der Waals surface area contributed by atoms with E-state index >= 15 is 0 Å². The second kappa shape index (κ2) is 6.69. The number of amides is 1. The van der Waals surface area contributed by atoms with Crippen molar-refractivity contribution in [3.8, 4) is 17.0 Å². The predicted octanol–water partition coefficient (Wildman–Crippen LogP) is 4.13. The maximum atomic E-state index is 13.4. The molecule has 4 heterocycles. The van der Waals surface area contributed by atoms with Crippen LogP contribution in [0.2, 0.25) is 0 Å². The molecule has 0 radical (unpaired) electrons. The molecule has 0 unspecified atom stereocenters. The van der Waals surface area contributed by atoms with Crippen LogP contribution in [0.4, 0.5) is 5.69 Å². The number of ether oxygens (including phenoxy) is 1. The topological polar surface area (TPSA) is 73.1 Å². The highest BCUT2D eigenvalue weighted by Crippen LogP contribution is 2.43. The van der Waals surface area contributed by atoms with Gasteiger partial charge in [-0.25, -0.2) is 4.98 Å². The zero-order valence-electron chi connectivity index (χ0n) is 17.6. The van der Waals surface area contributed by atoms with Gasteiger partial charge in [0, 0.05) is 24.0 Å². The summed E-state index contributed by atoms with van der Waals surface area (Å²) in [4.78, 5) is 24.3. The molecule has 0 fully saturated rings. The first-order chi connectivity index (χ1) is 13.7. The molecule has 1 aliphatic rings. The van der Waals surface area contributed by atoms with Crippen LogP contribution in [-0.2, 0) is 5.54 Å². The standard InChI is InChI=1S/C22H25N5O2/c1-13(2)26-12-16(10-24-26)27-21(28)19-14(3)7-18(25-20(19)22(27,4)5)15-8-17(29-6)11-23-9-15/h7-13H,1-6H3. The van der Waals surface area contributed by atoms with E-state index in [1.165, 1.54) is 0 Å². The molecule has 29 heavy (non-hydrogen) atoms. The van der Waals surface area contributed by atoms with Gasteiger partial charge in [0.2, 0.25) is 0 Å². The number of fused-ring (bicyclic) bond motifs is 1. The van der Waals surface area contributed by atoms with Gasteiger partial charge in [-0.2, -0.15) is 5.10 Å². The second-order valence-electron chi connectivity index (χ2n) is 8.13. The molecule has 1 amide bonds. The lowest BCUT2D eigenvalue weighted by Gasteiger charge is -2.30. The van der Waals surface area contributed by atoms with Crippen LogP contribution in [0.3, 0.4) is 0 Å². The molecule has 0 spiro atoms. The Bertz CT molecular complexity index is 1100. The third-order valence-corrected chi connectivity index (χ3v) is 5.39. The number of anilines is 1. The first-order valence-corrected chi connectivity index (χ1v) is 9.64. The van der Waals surface area contributed by atoms with Crippen LogP contribution >= 0.6 is 0 Å². The van der Waals surface area contributed by atoms with Crippen molar-refractivity contribution in [2.45, 2.75) is 46.2 Å². The Balaban J connectivity index is 1.83. The molecular weight excluding hydrogens is 366 g/mol.